The molecule has 0 aromatic heterocycles. The molecule has 3 nitrogen and oxygen atoms in total. The van der Waals surface area contributed by atoms with Crippen molar-refractivity contribution >= 4 is 0 Å². The van der Waals surface area contributed by atoms with Crippen LogP contribution in [0.4, 0.5) is 0 Å². The van der Waals surface area contributed by atoms with Gasteiger partial charge in [-0.2, -0.15) is 0 Å². The molecule has 0 spiro atoms. The Labute approximate surface area is 245 Å². The highest BCUT2D eigenvalue weighted by molar-refractivity contribution is 4.69. The lowest BCUT2D eigenvalue weighted by molar-refractivity contribution is 0.215. The highest BCUT2D eigenvalue weighted by Gasteiger charge is 1.95. The fraction of sp³-hybridized carbons (Fsp3) is 0.889. The lowest BCUT2D eigenvalue weighted by Gasteiger charge is -2.04. The van der Waals surface area contributed by atoms with Crippen LogP contribution in [0.25, 0.3) is 0 Å². The monoisotopic (exact) mass is 551 g/mol. The summed E-state index contributed by atoms with van der Waals surface area (Å²) in [5.74, 6) is 0. The molecule has 0 aliphatic heterocycles. The Hall–Kier alpha value is -1.12. The summed E-state index contributed by atoms with van der Waals surface area (Å²) in [5, 5.41) is 0. The van der Waals surface area contributed by atoms with Crippen LogP contribution in [0.3, 0.4) is 0 Å². The van der Waals surface area contributed by atoms with Gasteiger partial charge in [-0.15, -0.1) is 0 Å². The topological polar surface area (TPSA) is 27.7 Å². The van der Waals surface area contributed by atoms with Crippen molar-refractivity contribution in [2.24, 2.45) is 0 Å². The number of rotatable bonds is 34. The van der Waals surface area contributed by atoms with Crippen molar-refractivity contribution in [3.8, 4) is 0 Å². The van der Waals surface area contributed by atoms with Crippen LogP contribution in [-0.2, 0) is 14.2 Å². The summed E-state index contributed by atoms with van der Waals surface area (Å²) in [6.07, 6.45) is 45.1. The van der Waals surface area contributed by atoms with Gasteiger partial charge in [0.1, 0.15) is 25.0 Å². The van der Waals surface area contributed by atoms with Gasteiger partial charge in [0.15, 0.2) is 0 Å². The van der Waals surface area contributed by atoms with Gasteiger partial charge in [0.05, 0.1) is 13.2 Å². The molecule has 0 aromatic rings. The number of hydrogen-bond acceptors (Lipinski definition) is 3. The fourth-order valence-electron chi connectivity index (χ4n) is 5.08. The predicted molar refractivity (Wildman–Crippen MR) is 172 cm³/mol. The summed E-state index contributed by atoms with van der Waals surface area (Å²) < 4.78 is 16.3. The van der Waals surface area contributed by atoms with Crippen molar-refractivity contribution < 1.29 is 14.2 Å². The molecule has 232 valence electrons. The molecule has 0 bridgehead atoms. The molecule has 3 heteroatoms. The molecule has 0 radical (unpaired) electrons. The largest absolute Gasteiger partial charge is 0.498 e. The van der Waals surface area contributed by atoms with Crippen LogP contribution in [0, 0.1) is 0 Å². The zero-order chi connectivity index (χ0) is 28.2. The van der Waals surface area contributed by atoms with E-state index in [0.29, 0.717) is 0 Å². The second-order valence-corrected chi connectivity index (χ2v) is 11.6. The molecule has 0 amide bonds. The molecule has 0 saturated carbocycles. The molecule has 0 N–H and O–H groups in total. The molecule has 0 fully saturated rings. The van der Waals surface area contributed by atoms with Crippen LogP contribution < -0.4 is 0 Å². The molecular formula is C36H70O3. The van der Waals surface area contributed by atoms with Crippen LogP contribution in [0.15, 0.2) is 25.0 Å². The molecule has 0 unspecified atom stereocenters. The van der Waals surface area contributed by atoms with Gasteiger partial charge in [0.25, 0.3) is 0 Å². The second kappa shape index (κ2) is 36.9. The van der Waals surface area contributed by atoms with Gasteiger partial charge in [0.2, 0.25) is 0 Å². The standard InChI is InChI=1S/C36H70O3/c1-3-5-7-9-11-13-15-17-19-21-23-25-27-29-31-37-33-35-39-36-34-38-32-30-28-26-24-22-20-18-16-14-12-10-8-6-4-2/h33-36H,3-32H2,1-2H3. The highest BCUT2D eigenvalue weighted by Crippen LogP contribution is 2.14. The van der Waals surface area contributed by atoms with Crippen molar-refractivity contribution in [2.75, 3.05) is 13.2 Å². The maximum atomic E-state index is 5.50. The van der Waals surface area contributed by atoms with E-state index in [4.69, 9.17) is 14.2 Å². The molecule has 0 atom stereocenters. The summed E-state index contributed by atoms with van der Waals surface area (Å²) >= 11 is 0. The number of unbranched alkanes of at least 4 members (excludes halogenated alkanes) is 26. The van der Waals surface area contributed by atoms with Crippen molar-refractivity contribution in [1.29, 1.82) is 0 Å². The van der Waals surface area contributed by atoms with Gasteiger partial charge in [-0.1, -0.05) is 181 Å². The molecule has 0 saturated heterocycles. The van der Waals surface area contributed by atoms with Crippen LogP contribution >= 0.6 is 0 Å². The summed E-state index contributed by atoms with van der Waals surface area (Å²) in [6, 6.07) is 0. The lowest BCUT2D eigenvalue weighted by atomic mass is 10.0. The number of ether oxygens (including phenoxy) is 3. The van der Waals surface area contributed by atoms with E-state index in [1.54, 1.807) is 25.0 Å². The Morgan fingerprint density at radius 1 is 0.282 bits per heavy atom. The first kappa shape index (κ1) is 37.9. The highest BCUT2D eigenvalue weighted by atomic mass is 16.5. The smallest absolute Gasteiger partial charge is 0.125 e. The molecule has 0 aromatic carbocycles. The van der Waals surface area contributed by atoms with Crippen molar-refractivity contribution in [3.05, 3.63) is 25.0 Å². The first-order chi connectivity index (χ1) is 19.4. The minimum atomic E-state index is 0.775. The quantitative estimate of drug-likeness (QED) is 0.0589. The van der Waals surface area contributed by atoms with E-state index in [9.17, 15) is 0 Å². The summed E-state index contributed by atoms with van der Waals surface area (Å²) in [4.78, 5) is 0. The van der Waals surface area contributed by atoms with Crippen molar-refractivity contribution in [3.63, 3.8) is 0 Å². The Morgan fingerprint density at radius 2 is 0.513 bits per heavy atom. The zero-order valence-corrected chi connectivity index (χ0v) is 26.7. The Kier molecular flexibility index (Phi) is 35.8. The van der Waals surface area contributed by atoms with E-state index in [1.807, 2.05) is 0 Å². The fourth-order valence-corrected chi connectivity index (χ4v) is 5.08. The van der Waals surface area contributed by atoms with Crippen molar-refractivity contribution in [2.45, 2.75) is 194 Å². The first-order valence-electron chi connectivity index (χ1n) is 17.6. The van der Waals surface area contributed by atoms with E-state index < -0.39 is 0 Å². The van der Waals surface area contributed by atoms with Gasteiger partial charge in [-0.05, 0) is 12.8 Å². The summed E-state index contributed by atoms with van der Waals surface area (Å²) in [7, 11) is 0. The Balaban J connectivity index is 3.14. The third-order valence-electron chi connectivity index (χ3n) is 7.69. The van der Waals surface area contributed by atoms with Gasteiger partial charge < -0.3 is 14.2 Å². The normalized spacial score (nSPS) is 11.6. The third kappa shape index (κ3) is 36.9. The van der Waals surface area contributed by atoms with Gasteiger partial charge >= 0.3 is 0 Å². The van der Waals surface area contributed by atoms with Gasteiger partial charge in [-0.3, -0.25) is 0 Å². The maximum absolute atomic E-state index is 5.50. The summed E-state index contributed by atoms with van der Waals surface area (Å²) in [6.45, 7) is 6.13. The first-order valence-corrected chi connectivity index (χ1v) is 17.6. The molecule has 0 heterocycles. The van der Waals surface area contributed by atoms with E-state index in [0.717, 1.165) is 26.1 Å². The molecule has 0 aliphatic carbocycles. The average molecular weight is 551 g/mol. The van der Waals surface area contributed by atoms with E-state index >= 15 is 0 Å². The maximum Gasteiger partial charge on any atom is 0.125 e. The zero-order valence-electron chi connectivity index (χ0n) is 26.7. The lowest BCUT2D eigenvalue weighted by Crippen LogP contribution is -1.89. The minimum Gasteiger partial charge on any atom is -0.498 e. The van der Waals surface area contributed by atoms with Gasteiger partial charge in [-0.25, -0.2) is 0 Å². The molecule has 0 aliphatic rings. The predicted octanol–water partition coefficient (Wildman–Crippen LogP) is 12.9. The van der Waals surface area contributed by atoms with Crippen LogP contribution in [0.5, 0.6) is 0 Å². The van der Waals surface area contributed by atoms with Crippen LogP contribution in [-0.4, -0.2) is 13.2 Å². The van der Waals surface area contributed by atoms with E-state index in [-0.39, 0.29) is 0 Å². The minimum absolute atomic E-state index is 0.775. The van der Waals surface area contributed by atoms with Crippen LogP contribution in [0.2, 0.25) is 0 Å². The third-order valence-corrected chi connectivity index (χ3v) is 7.69. The Morgan fingerprint density at radius 3 is 0.769 bits per heavy atom. The number of hydrogen-bond donors (Lipinski definition) is 0. The van der Waals surface area contributed by atoms with Crippen LogP contribution in [0.1, 0.15) is 194 Å². The SMILES string of the molecule is CCCCCCCCCCCCCCCCOC=COC=COCCCCCCCCCCCCCCCC. The summed E-state index contributed by atoms with van der Waals surface area (Å²) in [5.41, 5.74) is 0. The molecular weight excluding hydrogens is 480 g/mol. The Bertz CT molecular complexity index is 432. The van der Waals surface area contributed by atoms with Crippen molar-refractivity contribution in [1.82, 2.24) is 0 Å². The van der Waals surface area contributed by atoms with Gasteiger partial charge in [0, 0.05) is 0 Å². The van der Waals surface area contributed by atoms with E-state index in [1.165, 1.54) is 167 Å². The van der Waals surface area contributed by atoms with E-state index in [2.05, 4.69) is 13.8 Å². The average Bonchev–Trinajstić information content (AvgIpc) is 2.95. The second-order valence-electron chi connectivity index (χ2n) is 11.6. The molecule has 0 rings (SSSR count). The molecule has 39 heavy (non-hydrogen) atoms.